The van der Waals surface area contributed by atoms with E-state index in [0.717, 1.165) is 86.7 Å². The number of aryl methyl sites for hydroxylation is 1. The van der Waals surface area contributed by atoms with Crippen LogP contribution in [0.5, 0.6) is 0 Å². The van der Waals surface area contributed by atoms with Crippen LogP contribution >= 0.6 is 0 Å². The summed E-state index contributed by atoms with van der Waals surface area (Å²) in [5.41, 5.74) is 7.20. The van der Waals surface area contributed by atoms with Crippen molar-refractivity contribution in [2.75, 3.05) is 61.3 Å². The van der Waals surface area contributed by atoms with E-state index in [4.69, 9.17) is 4.98 Å². The molecule has 0 saturated carbocycles. The molecule has 0 bridgehead atoms. The van der Waals surface area contributed by atoms with Crippen LogP contribution in [0.2, 0.25) is 0 Å². The highest BCUT2D eigenvalue weighted by molar-refractivity contribution is 6.01. The molecule has 16 heteroatoms. The van der Waals surface area contributed by atoms with E-state index < -0.39 is 6.04 Å². The van der Waals surface area contributed by atoms with Crippen LogP contribution in [0.15, 0.2) is 85.2 Å². The van der Waals surface area contributed by atoms with Crippen LogP contribution < -0.4 is 26.2 Å². The van der Waals surface area contributed by atoms with Crippen LogP contribution in [0.3, 0.4) is 0 Å². The predicted molar refractivity (Wildman–Crippen MR) is 242 cm³/mol. The molecule has 5 aromatic rings. The van der Waals surface area contributed by atoms with Gasteiger partial charge in [-0.3, -0.25) is 29.4 Å². The Kier molecular flexibility index (Phi) is 12.8. The summed E-state index contributed by atoms with van der Waals surface area (Å²) in [6.45, 7) is 14.8. The number of aromatic nitrogens is 5. The lowest BCUT2D eigenvalue weighted by Gasteiger charge is -2.39. The maximum absolute atomic E-state index is 13.4. The fourth-order valence-corrected chi connectivity index (χ4v) is 8.31. The Labute approximate surface area is 367 Å². The van der Waals surface area contributed by atoms with Gasteiger partial charge in [0.1, 0.15) is 6.04 Å². The first-order chi connectivity index (χ1) is 30.3. The Bertz CT molecular complexity index is 2450. The molecule has 4 amide bonds. The van der Waals surface area contributed by atoms with Crippen molar-refractivity contribution in [2.24, 2.45) is 5.92 Å². The molecule has 8 rings (SSSR count). The van der Waals surface area contributed by atoms with Crippen LogP contribution in [0.25, 0.3) is 11.3 Å². The highest BCUT2D eigenvalue weighted by atomic mass is 16.2. The second kappa shape index (κ2) is 18.7. The smallest absolute Gasteiger partial charge is 0.273 e. The van der Waals surface area contributed by atoms with E-state index in [1.807, 2.05) is 69.0 Å². The molecule has 0 aliphatic carbocycles. The first-order valence-electron chi connectivity index (χ1n) is 21.8. The highest BCUT2D eigenvalue weighted by Crippen LogP contribution is 2.27. The van der Waals surface area contributed by atoms with Gasteiger partial charge in [-0.05, 0) is 119 Å². The number of carbonyl (C=O) groups is 4. The fraction of sp³-hybridized carbons (Fsp3) is 0.404. The van der Waals surface area contributed by atoms with Crippen LogP contribution in [0.1, 0.15) is 78.4 Å². The van der Waals surface area contributed by atoms with Crippen molar-refractivity contribution in [2.45, 2.75) is 71.5 Å². The monoisotopic (exact) mass is 852 g/mol. The van der Waals surface area contributed by atoms with E-state index in [0.29, 0.717) is 42.5 Å². The molecule has 2 aromatic heterocycles. The molecule has 5 heterocycles. The van der Waals surface area contributed by atoms with Crippen LogP contribution in [-0.2, 0) is 21.7 Å². The zero-order chi connectivity index (χ0) is 44.1. The lowest BCUT2D eigenvalue weighted by Crippen LogP contribution is -2.49. The van der Waals surface area contributed by atoms with Gasteiger partial charge in [0.15, 0.2) is 5.69 Å². The second-order valence-corrected chi connectivity index (χ2v) is 17.7. The van der Waals surface area contributed by atoms with E-state index in [2.05, 4.69) is 76.7 Å². The van der Waals surface area contributed by atoms with Gasteiger partial charge in [-0.15, -0.1) is 5.10 Å². The van der Waals surface area contributed by atoms with E-state index in [1.165, 1.54) is 5.69 Å². The first kappa shape index (κ1) is 43.0. The highest BCUT2D eigenvalue weighted by Gasteiger charge is 2.29. The normalized spacial score (nSPS) is 17.6. The largest absolute Gasteiger partial charge is 0.374 e. The Morgan fingerprint density at radius 1 is 0.873 bits per heavy atom. The molecule has 3 fully saturated rings. The van der Waals surface area contributed by atoms with E-state index in [-0.39, 0.29) is 34.9 Å². The molecule has 1 atom stereocenters. The van der Waals surface area contributed by atoms with Gasteiger partial charge in [-0.25, -0.2) is 14.6 Å². The molecule has 1 unspecified atom stereocenters. The number of piperidine rings is 2. The Morgan fingerprint density at radius 2 is 1.65 bits per heavy atom. The van der Waals surface area contributed by atoms with Gasteiger partial charge in [0.25, 0.3) is 11.8 Å². The van der Waals surface area contributed by atoms with Crippen molar-refractivity contribution in [3.05, 3.63) is 108 Å². The molecule has 16 nitrogen and oxygen atoms in total. The predicted octanol–water partition coefficient (Wildman–Crippen LogP) is 5.36. The maximum Gasteiger partial charge on any atom is 0.273 e. The van der Waals surface area contributed by atoms with Crippen molar-refractivity contribution in [3.63, 3.8) is 0 Å². The Morgan fingerprint density at radius 3 is 2.37 bits per heavy atom. The second-order valence-electron chi connectivity index (χ2n) is 17.7. The first-order valence-corrected chi connectivity index (χ1v) is 21.8. The number of amides is 4. The number of hydrogen-bond donors (Lipinski definition) is 4. The minimum absolute atomic E-state index is 0.00841. The lowest BCUT2D eigenvalue weighted by molar-refractivity contribution is -0.133. The summed E-state index contributed by atoms with van der Waals surface area (Å²) >= 11 is 0. The average molecular weight is 853 g/mol. The molecular formula is C47H56N12O4. The van der Waals surface area contributed by atoms with Gasteiger partial charge in [0, 0.05) is 93.2 Å². The van der Waals surface area contributed by atoms with E-state index in [1.54, 1.807) is 23.1 Å². The summed E-state index contributed by atoms with van der Waals surface area (Å²) in [6, 6.07) is 23.2. The molecule has 3 aromatic carbocycles. The quantitative estimate of drug-likeness (QED) is 0.118. The van der Waals surface area contributed by atoms with Crippen LogP contribution in [0.4, 0.5) is 23.0 Å². The summed E-state index contributed by atoms with van der Waals surface area (Å²) < 4.78 is 1.68. The number of hydrogen-bond acceptors (Lipinski definition) is 12. The number of likely N-dealkylation sites (tertiary alicyclic amines) is 1. The minimum Gasteiger partial charge on any atom is -0.374 e. The molecule has 3 aliphatic heterocycles. The summed E-state index contributed by atoms with van der Waals surface area (Å²) in [7, 11) is 0. The van der Waals surface area contributed by atoms with Crippen molar-refractivity contribution < 1.29 is 19.2 Å². The number of anilines is 4. The topological polar surface area (TPSA) is 183 Å². The molecular weight excluding hydrogens is 797 g/mol. The molecule has 328 valence electrons. The summed E-state index contributed by atoms with van der Waals surface area (Å²) in [5.74, 6) is 0.213. The van der Waals surface area contributed by atoms with Crippen molar-refractivity contribution in [1.29, 1.82) is 0 Å². The number of piperazine rings is 1. The van der Waals surface area contributed by atoms with Crippen molar-refractivity contribution in [1.82, 2.24) is 45.4 Å². The summed E-state index contributed by atoms with van der Waals surface area (Å²) in [6.07, 6.45) is 6.09. The van der Waals surface area contributed by atoms with Gasteiger partial charge in [-0.2, -0.15) is 0 Å². The third-order valence-electron chi connectivity index (χ3n) is 12.1. The minimum atomic E-state index is -0.492. The van der Waals surface area contributed by atoms with Crippen LogP contribution in [0, 0.1) is 12.8 Å². The maximum atomic E-state index is 13.4. The summed E-state index contributed by atoms with van der Waals surface area (Å²) in [5, 5.41) is 20.0. The Balaban J connectivity index is 0.767. The number of carbonyl (C=O) groups excluding carboxylic acids is 4. The number of nitrogens with one attached hydrogen (secondary N) is 4. The standard InChI is InChI=1S/C47H56N12O4/c1-31-26-33(8-9-35(31)28-49-43(61)41-30-59(55-54-41)47(2,3)4)39-16-19-48-46(52-39)51-36-10-12-38(13-11-36)57-24-22-56(23-25-57)29-32-17-20-58(21-18-32)45(63)34-6-5-7-37(27-34)50-40-14-15-42(60)53-44(40)62/h5-13,16,19,26-27,30,32,40,50H,14-15,17-18,20-25,28-29H2,1-4H3,(H,49,61)(H,48,51,52)(H,53,60,62). The van der Waals surface area contributed by atoms with Gasteiger partial charge < -0.3 is 25.8 Å². The average Bonchev–Trinajstić information content (AvgIpc) is 3.80. The fourth-order valence-electron chi connectivity index (χ4n) is 8.31. The third-order valence-corrected chi connectivity index (χ3v) is 12.1. The zero-order valence-corrected chi connectivity index (χ0v) is 36.4. The van der Waals surface area contributed by atoms with Crippen molar-refractivity contribution >= 4 is 46.6 Å². The number of rotatable bonds is 12. The molecule has 0 radical (unpaired) electrons. The molecule has 0 spiro atoms. The molecule has 4 N–H and O–H groups in total. The zero-order valence-electron chi connectivity index (χ0n) is 36.4. The number of imide groups is 1. The van der Waals surface area contributed by atoms with Crippen molar-refractivity contribution in [3.8, 4) is 11.3 Å². The van der Waals surface area contributed by atoms with Gasteiger partial charge in [-0.1, -0.05) is 23.4 Å². The lowest BCUT2D eigenvalue weighted by atomic mass is 9.95. The van der Waals surface area contributed by atoms with Gasteiger partial charge in [0.05, 0.1) is 17.4 Å². The Hall–Kier alpha value is -6.68. The summed E-state index contributed by atoms with van der Waals surface area (Å²) in [4.78, 5) is 66.1. The van der Waals surface area contributed by atoms with Crippen LogP contribution in [-0.4, -0.2) is 110 Å². The van der Waals surface area contributed by atoms with E-state index >= 15 is 0 Å². The SMILES string of the molecule is Cc1cc(-c2ccnc(Nc3ccc(N4CCN(CC5CCN(C(=O)c6cccc(NC7CCC(=O)NC7=O)c6)CC5)CC4)cc3)n2)ccc1CNC(=O)c1cn(C(C)(C)C)nn1. The van der Waals surface area contributed by atoms with E-state index in [9.17, 15) is 19.2 Å². The molecule has 3 aliphatic rings. The third kappa shape index (κ3) is 10.7. The number of nitrogens with zero attached hydrogens (tertiary/aromatic N) is 8. The molecule has 63 heavy (non-hydrogen) atoms. The number of benzene rings is 3. The van der Waals surface area contributed by atoms with Gasteiger partial charge in [0.2, 0.25) is 17.8 Å². The molecule has 3 saturated heterocycles. The van der Waals surface area contributed by atoms with Gasteiger partial charge >= 0.3 is 0 Å².